The molecule has 0 aromatic rings. The van der Waals surface area contributed by atoms with Crippen LogP contribution in [0, 0.1) is 16.2 Å². The Morgan fingerprint density at radius 2 is 0.875 bits per heavy atom. The van der Waals surface area contributed by atoms with E-state index in [0.29, 0.717) is 5.76 Å². The van der Waals surface area contributed by atoms with E-state index < -0.39 is 0 Å². The first-order valence-corrected chi connectivity index (χ1v) is 5.70. The van der Waals surface area contributed by atoms with E-state index in [1.807, 2.05) is 20.8 Å². The summed E-state index contributed by atoms with van der Waals surface area (Å²) in [5.74, 6) is 0.294. The maximum atomic E-state index is 12.4. The van der Waals surface area contributed by atoms with E-state index in [2.05, 4.69) is 41.5 Å². The van der Waals surface area contributed by atoms with Crippen LogP contribution in [0.4, 0.5) is 0 Å². The van der Waals surface area contributed by atoms with Crippen LogP contribution in [0.25, 0.3) is 0 Å². The minimum absolute atomic E-state index is 0. The fourth-order valence-electron chi connectivity index (χ4n) is 2.18. The first-order valence-electron chi connectivity index (χ1n) is 5.70. The van der Waals surface area contributed by atoms with E-state index in [-0.39, 0.29) is 35.1 Å². The van der Waals surface area contributed by atoms with E-state index in [0.717, 1.165) is 5.57 Å². The molecule has 0 aliphatic rings. The zero-order valence-electron chi connectivity index (χ0n) is 12.9. The molecule has 0 atom stereocenters. The topological polar surface area (TPSA) is 23.1 Å². The molecule has 0 saturated carbocycles. The number of allylic oxidation sites excluding steroid dienone is 2. The number of hydrogen-bond acceptors (Lipinski definition) is 1. The average Bonchev–Trinajstić information content (AvgIpc) is 1.76. The molecule has 0 amide bonds. The SMILES string of the molecule is CC(C)(C)C([O-])=C(C(C)(C)C)C(C)(C)C.[Li+]. The second kappa shape index (κ2) is 5.19. The summed E-state index contributed by atoms with van der Waals surface area (Å²) >= 11 is 0. The van der Waals surface area contributed by atoms with Gasteiger partial charge in [-0.1, -0.05) is 67.9 Å². The standard InChI is InChI=1S/C14H28O.Li/c1-12(2,3)10(13(4,5)6)11(15)14(7,8)9;/h15H,1-9H3;/q;+1/p-1. The third-order valence-electron chi connectivity index (χ3n) is 2.41. The van der Waals surface area contributed by atoms with Crippen molar-refractivity contribution in [2.24, 2.45) is 16.2 Å². The van der Waals surface area contributed by atoms with Gasteiger partial charge in [-0.25, -0.2) is 0 Å². The van der Waals surface area contributed by atoms with Crippen molar-refractivity contribution in [3.63, 3.8) is 0 Å². The largest absolute Gasteiger partial charge is 1.00 e. The molecule has 0 aliphatic heterocycles. The smallest absolute Gasteiger partial charge is 0.875 e. The van der Waals surface area contributed by atoms with Gasteiger partial charge in [0.15, 0.2) is 0 Å². The van der Waals surface area contributed by atoms with Crippen LogP contribution >= 0.6 is 0 Å². The quantitative estimate of drug-likeness (QED) is 0.434. The Morgan fingerprint density at radius 1 is 0.625 bits per heavy atom. The molecule has 0 aliphatic carbocycles. The maximum Gasteiger partial charge on any atom is 1.00 e. The summed E-state index contributed by atoms with van der Waals surface area (Å²) in [7, 11) is 0. The molecule has 0 heterocycles. The molecule has 1 nitrogen and oxygen atoms in total. The molecule has 0 saturated heterocycles. The average molecular weight is 218 g/mol. The predicted octanol–water partition coefficient (Wildman–Crippen LogP) is 0.743. The molecule has 0 rings (SSSR count). The molecular weight excluding hydrogens is 191 g/mol. The summed E-state index contributed by atoms with van der Waals surface area (Å²) in [5, 5.41) is 12.4. The Bertz CT molecular complexity index is 240. The van der Waals surface area contributed by atoms with E-state index in [9.17, 15) is 5.11 Å². The van der Waals surface area contributed by atoms with Gasteiger partial charge in [-0.3, -0.25) is 0 Å². The predicted molar refractivity (Wildman–Crippen MR) is 65.4 cm³/mol. The Balaban J connectivity index is 0. The van der Waals surface area contributed by atoms with Crippen LogP contribution in [0.15, 0.2) is 11.3 Å². The summed E-state index contributed by atoms with van der Waals surface area (Å²) < 4.78 is 0. The van der Waals surface area contributed by atoms with E-state index in [4.69, 9.17) is 0 Å². The number of rotatable bonds is 0. The van der Waals surface area contributed by atoms with Crippen molar-refractivity contribution in [3.05, 3.63) is 11.3 Å². The molecule has 0 unspecified atom stereocenters. The van der Waals surface area contributed by atoms with Gasteiger partial charge in [0.25, 0.3) is 0 Å². The molecule has 0 aromatic heterocycles. The van der Waals surface area contributed by atoms with Gasteiger partial charge in [0.1, 0.15) is 0 Å². The van der Waals surface area contributed by atoms with Crippen molar-refractivity contribution in [1.29, 1.82) is 0 Å². The zero-order valence-corrected chi connectivity index (χ0v) is 12.9. The minimum atomic E-state index is -0.282. The van der Waals surface area contributed by atoms with Crippen molar-refractivity contribution < 1.29 is 24.0 Å². The molecule has 0 fully saturated rings. The molecule has 0 bridgehead atoms. The Kier molecular flexibility index (Phi) is 6.00. The van der Waals surface area contributed by atoms with Gasteiger partial charge < -0.3 is 5.11 Å². The summed E-state index contributed by atoms with van der Waals surface area (Å²) in [5.41, 5.74) is 0.656. The van der Waals surface area contributed by atoms with Gasteiger partial charge in [0.2, 0.25) is 0 Å². The van der Waals surface area contributed by atoms with Gasteiger partial charge in [-0.2, -0.15) is 0 Å². The normalized spacial score (nSPS) is 13.1. The first-order chi connectivity index (χ1) is 6.28. The van der Waals surface area contributed by atoms with E-state index >= 15 is 0 Å². The van der Waals surface area contributed by atoms with Gasteiger partial charge in [0.05, 0.1) is 0 Å². The van der Waals surface area contributed by atoms with Crippen LogP contribution < -0.4 is 24.0 Å². The molecule has 0 N–H and O–H groups in total. The molecule has 16 heavy (non-hydrogen) atoms. The van der Waals surface area contributed by atoms with Crippen LogP contribution in [0.3, 0.4) is 0 Å². The summed E-state index contributed by atoms with van der Waals surface area (Å²) in [6.45, 7) is 18.7. The summed E-state index contributed by atoms with van der Waals surface area (Å²) in [6, 6.07) is 0. The van der Waals surface area contributed by atoms with Gasteiger partial charge in [-0.15, -0.1) is 5.76 Å². The molecule has 0 aromatic carbocycles. The van der Waals surface area contributed by atoms with Crippen molar-refractivity contribution in [2.45, 2.75) is 62.3 Å². The van der Waals surface area contributed by atoms with Crippen LogP contribution in [-0.2, 0) is 0 Å². The molecule has 2 heteroatoms. The van der Waals surface area contributed by atoms with Gasteiger partial charge >= 0.3 is 18.9 Å². The third-order valence-corrected chi connectivity index (χ3v) is 2.41. The maximum absolute atomic E-state index is 12.4. The molecule has 0 radical (unpaired) electrons. The Morgan fingerprint density at radius 3 is 0.938 bits per heavy atom. The second-order valence-corrected chi connectivity index (χ2v) is 7.45. The van der Waals surface area contributed by atoms with E-state index in [1.165, 1.54) is 0 Å². The van der Waals surface area contributed by atoms with Crippen LogP contribution in [0.2, 0.25) is 0 Å². The van der Waals surface area contributed by atoms with Crippen molar-refractivity contribution in [1.82, 2.24) is 0 Å². The minimum Gasteiger partial charge on any atom is -0.875 e. The summed E-state index contributed by atoms with van der Waals surface area (Å²) in [4.78, 5) is 0. The monoisotopic (exact) mass is 218 g/mol. The fourth-order valence-corrected chi connectivity index (χ4v) is 2.18. The van der Waals surface area contributed by atoms with E-state index in [1.54, 1.807) is 0 Å². The fraction of sp³-hybridized carbons (Fsp3) is 0.857. The second-order valence-electron chi connectivity index (χ2n) is 7.45. The Labute approximate surface area is 114 Å². The zero-order chi connectivity index (χ0) is 12.7. The van der Waals surface area contributed by atoms with Crippen molar-refractivity contribution in [2.75, 3.05) is 0 Å². The van der Waals surface area contributed by atoms with Crippen molar-refractivity contribution >= 4 is 0 Å². The molecule has 0 spiro atoms. The van der Waals surface area contributed by atoms with Crippen LogP contribution in [0.5, 0.6) is 0 Å². The first kappa shape index (κ1) is 18.5. The van der Waals surface area contributed by atoms with Crippen molar-refractivity contribution in [3.8, 4) is 0 Å². The Hall–Kier alpha value is 0.137. The van der Waals surface area contributed by atoms with Crippen LogP contribution in [-0.4, -0.2) is 0 Å². The summed E-state index contributed by atoms with van der Waals surface area (Å²) in [6.07, 6.45) is 0. The van der Waals surface area contributed by atoms with Gasteiger partial charge in [0, 0.05) is 0 Å². The number of hydrogen-bond donors (Lipinski definition) is 0. The van der Waals surface area contributed by atoms with Crippen LogP contribution in [0.1, 0.15) is 62.3 Å². The molecular formula is C14H27LiO. The third kappa shape index (κ3) is 4.98. The van der Waals surface area contributed by atoms with Gasteiger partial charge in [-0.05, 0) is 16.2 Å². The molecule has 90 valence electrons.